The zero-order valence-corrected chi connectivity index (χ0v) is 13.3. The zero-order chi connectivity index (χ0) is 15.7. The van der Waals surface area contributed by atoms with E-state index in [0.29, 0.717) is 25.5 Å². The molecule has 2 aromatic rings. The molecule has 1 aliphatic rings. The summed E-state index contributed by atoms with van der Waals surface area (Å²) in [4.78, 5) is 14.8. The first-order valence-corrected chi connectivity index (χ1v) is 7.64. The molecule has 1 aliphatic heterocycles. The van der Waals surface area contributed by atoms with Crippen molar-refractivity contribution in [2.75, 3.05) is 19.8 Å². The van der Waals surface area contributed by atoms with Crippen LogP contribution >= 0.6 is 0 Å². The van der Waals surface area contributed by atoms with Crippen LogP contribution < -0.4 is 0 Å². The summed E-state index contributed by atoms with van der Waals surface area (Å²) in [6, 6.07) is 3.67. The van der Waals surface area contributed by atoms with E-state index >= 15 is 0 Å². The molecule has 0 spiro atoms. The SMILES string of the molecule is CCOCC1c2c(cnn2C)CCN1C(=O)c1cccn1C. The van der Waals surface area contributed by atoms with Crippen molar-refractivity contribution in [3.05, 3.63) is 41.5 Å². The molecule has 0 N–H and O–H groups in total. The number of nitrogens with zero attached hydrogens (tertiary/aromatic N) is 4. The van der Waals surface area contributed by atoms with E-state index < -0.39 is 0 Å². The summed E-state index contributed by atoms with van der Waals surface area (Å²) in [6.45, 7) is 3.80. The average molecular weight is 302 g/mol. The van der Waals surface area contributed by atoms with E-state index in [1.165, 1.54) is 5.56 Å². The molecule has 2 aromatic heterocycles. The van der Waals surface area contributed by atoms with Gasteiger partial charge in [-0.25, -0.2) is 0 Å². The van der Waals surface area contributed by atoms with Gasteiger partial charge < -0.3 is 14.2 Å². The number of hydrogen-bond donors (Lipinski definition) is 0. The second-order valence-corrected chi connectivity index (χ2v) is 5.61. The maximum Gasteiger partial charge on any atom is 0.271 e. The molecule has 118 valence electrons. The molecule has 0 bridgehead atoms. The molecule has 0 radical (unpaired) electrons. The third-order valence-corrected chi connectivity index (χ3v) is 4.28. The molecular weight excluding hydrogens is 280 g/mol. The molecule has 3 heterocycles. The highest BCUT2D eigenvalue weighted by atomic mass is 16.5. The third kappa shape index (κ3) is 2.43. The van der Waals surface area contributed by atoms with Crippen LogP contribution in [0, 0.1) is 0 Å². The van der Waals surface area contributed by atoms with Crippen LogP contribution in [0.15, 0.2) is 24.5 Å². The van der Waals surface area contributed by atoms with Crippen molar-refractivity contribution in [3.63, 3.8) is 0 Å². The minimum Gasteiger partial charge on any atom is -0.379 e. The molecule has 0 saturated heterocycles. The second-order valence-electron chi connectivity index (χ2n) is 5.61. The number of amides is 1. The van der Waals surface area contributed by atoms with Crippen molar-refractivity contribution in [3.8, 4) is 0 Å². The summed E-state index contributed by atoms with van der Waals surface area (Å²) in [5.74, 6) is 0.0454. The van der Waals surface area contributed by atoms with E-state index in [-0.39, 0.29) is 11.9 Å². The molecular formula is C16H22N4O2. The van der Waals surface area contributed by atoms with E-state index in [9.17, 15) is 4.79 Å². The summed E-state index contributed by atoms with van der Waals surface area (Å²) in [7, 11) is 3.82. The number of carbonyl (C=O) groups excluding carboxylic acids is 1. The number of ether oxygens (including phenoxy) is 1. The van der Waals surface area contributed by atoms with Gasteiger partial charge in [-0.2, -0.15) is 5.10 Å². The monoisotopic (exact) mass is 302 g/mol. The summed E-state index contributed by atoms with van der Waals surface area (Å²) >= 11 is 0. The van der Waals surface area contributed by atoms with Crippen molar-refractivity contribution < 1.29 is 9.53 Å². The van der Waals surface area contributed by atoms with Gasteiger partial charge in [0.1, 0.15) is 5.69 Å². The van der Waals surface area contributed by atoms with Gasteiger partial charge in [-0.05, 0) is 31.0 Å². The Kier molecular flexibility index (Phi) is 4.02. The topological polar surface area (TPSA) is 52.3 Å². The van der Waals surface area contributed by atoms with E-state index in [4.69, 9.17) is 4.74 Å². The van der Waals surface area contributed by atoms with Crippen LogP contribution in [0.4, 0.5) is 0 Å². The van der Waals surface area contributed by atoms with E-state index in [2.05, 4.69) is 5.10 Å². The van der Waals surface area contributed by atoms with Crippen LogP contribution in [-0.4, -0.2) is 44.9 Å². The number of hydrogen-bond acceptors (Lipinski definition) is 3. The Morgan fingerprint density at radius 2 is 2.27 bits per heavy atom. The second kappa shape index (κ2) is 5.96. The molecule has 1 atom stereocenters. The maximum absolute atomic E-state index is 12.9. The highest BCUT2D eigenvalue weighted by molar-refractivity contribution is 5.93. The van der Waals surface area contributed by atoms with Gasteiger partial charge in [-0.1, -0.05) is 0 Å². The molecule has 0 aromatic carbocycles. The predicted octanol–water partition coefficient (Wildman–Crippen LogP) is 1.53. The molecule has 0 fully saturated rings. The Morgan fingerprint density at radius 1 is 1.45 bits per heavy atom. The van der Waals surface area contributed by atoms with E-state index in [1.54, 1.807) is 0 Å². The van der Waals surface area contributed by atoms with Gasteiger partial charge in [-0.15, -0.1) is 0 Å². The van der Waals surface area contributed by atoms with E-state index in [1.807, 2.05) is 59.7 Å². The molecule has 1 amide bonds. The Labute approximate surface area is 130 Å². The lowest BCUT2D eigenvalue weighted by molar-refractivity contribution is 0.0394. The first-order chi connectivity index (χ1) is 10.6. The number of rotatable bonds is 4. The van der Waals surface area contributed by atoms with Crippen LogP contribution in [0.2, 0.25) is 0 Å². The van der Waals surface area contributed by atoms with Crippen LogP contribution in [0.1, 0.15) is 34.7 Å². The zero-order valence-electron chi connectivity index (χ0n) is 13.3. The first kappa shape index (κ1) is 14.8. The van der Waals surface area contributed by atoms with Crippen molar-refractivity contribution in [1.82, 2.24) is 19.2 Å². The smallest absolute Gasteiger partial charge is 0.271 e. The van der Waals surface area contributed by atoms with Gasteiger partial charge in [0.05, 0.1) is 24.5 Å². The van der Waals surface area contributed by atoms with Gasteiger partial charge in [0.2, 0.25) is 0 Å². The van der Waals surface area contributed by atoms with Crippen molar-refractivity contribution in [2.45, 2.75) is 19.4 Å². The highest BCUT2D eigenvalue weighted by Crippen LogP contribution is 2.30. The lowest BCUT2D eigenvalue weighted by Crippen LogP contribution is -2.43. The van der Waals surface area contributed by atoms with Gasteiger partial charge >= 0.3 is 0 Å². The van der Waals surface area contributed by atoms with Crippen molar-refractivity contribution >= 4 is 5.91 Å². The fraction of sp³-hybridized carbons (Fsp3) is 0.500. The largest absolute Gasteiger partial charge is 0.379 e. The van der Waals surface area contributed by atoms with Gasteiger partial charge in [0.15, 0.2) is 0 Å². The summed E-state index contributed by atoms with van der Waals surface area (Å²) < 4.78 is 9.36. The minimum atomic E-state index is -0.0846. The molecule has 3 rings (SSSR count). The van der Waals surface area contributed by atoms with Crippen LogP contribution in [0.3, 0.4) is 0 Å². The lowest BCUT2D eigenvalue weighted by Gasteiger charge is -2.36. The van der Waals surface area contributed by atoms with Crippen LogP contribution in [0.5, 0.6) is 0 Å². The number of fused-ring (bicyclic) bond motifs is 1. The van der Waals surface area contributed by atoms with Crippen LogP contribution in [-0.2, 0) is 25.3 Å². The number of aromatic nitrogens is 3. The van der Waals surface area contributed by atoms with Crippen molar-refractivity contribution in [2.24, 2.45) is 14.1 Å². The Morgan fingerprint density at radius 3 is 2.95 bits per heavy atom. The first-order valence-electron chi connectivity index (χ1n) is 7.64. The van der Waals surface area contributed by atoms with Gasteiger partial charge in [0.25, 0.3) is 5.91 Å². The summed E-state index contributed by atoms with van der Waals surface area (Å²) in [6.07, 6.45) is 4.63. The Hall–Kier alpha value is -2.08. The molecule has 1 unspecified atom stereocenters. The van der Waals surface area contributed by atoms with Gasteiger partial charge in [-0.3, -0.25) is 9.48 Å². The number of carbonyl (C=O) groups is 1. The van der Waals surface area contributed by atoms with E-state index in [0.717, 1.165) is 12.1 Å². The Bertz CT molecular complexity index is 673. The fourth-order valence-electron chi connectivity index (χ4n) is 3.13. The summed E-state index contributed by atoms with van der Waals surface area (Å²) in [5.41, 5.74) is 3.00. The highest BCUT2D eigenvalue weighted by Gasteiger charge is 2.34. The average Bonchev–Trinajstić information content (AvgIpc) is 3.10. The quantitative estimate of drug-likeness (QED) is 0.861. The lowest BCUT2D eigenvalue weighted by atomic mass is 9.99. The Balaban J connectivity index is 1.94. The summed E-state index contributed by atoms with van der Waals surface area (Å²) in [5, 5.41) is 4.35. The number of aryl methyl sites for hydroxylation is 2. The standard InChI is InChI=1S/C16H22N4O2/c1-4-22-11-14-15-12(10-17-19(15)3)7-9-20(14)16(21)13-6-5-8-18(13)2/h5-6,8,10,14H,4,7,9,11H2,1-3H3. The molecule has 22 heavy (non-hydrogen) atoms. The molecule has 0 saturated carbocycles. The van der Waals surface area contributed by atoms with Gasteiger partial charge in [0, 0.05) is 33.4 Å². The molecule has 0 aliphatic carbocycles. The van der Waals surface area contributed by atoms with Crippen molar-refractivity contribution in [1.29, 1.82) is 0 Å². The van der Waals surface area contributed by atoms with Crippen LogP contribution in [0.25, 0.3) is 0 Å². The third-order valence-electron chi connectivity index (χ3n) is 4.28. The molecule has 6 heteroatoms. The fourth-order valence-corrected chi connectivity index (χ4v) is 3.13. The molecule has 6 nitrogen and oxygen atoms in total. The maximum atomic E-state index is 12.9. The normalized spacial score (nSPS) is 17.6. The predicted molar refractivity (Wildman–Crippen MR) is 82.6 cm³/mol. The minimum absolute atomic E-state index is 0.0454.